The van der Waals surface area contributed by atoms with Crippen LogP contribution in [0.25, 0.3) is 0 Å². The second kappa shape index (κ2) is 26.1. The number of likely N-dealkylation sites (N-methyl/N-ethyl adjacent to an activating group) is 1. The van der Waals surface area contributed by atoms with E-state index in [1.54, 1.807) is 53.7 Å². The van der Waals surface area contributed by atoms with E-state index in [-0.39, 0.29) is 75.3 Å². The van der Waals surface area contributed by atoms with Gasteiger partial charge in [0, 0.05) is 84.7 Å². The van der Waals surface area contributed by atoms with E-state index in [1.807, 2.05) is 27.7 Å². The number of carbonyl (C=O) groups excluding carboxylic acids is 4. The Morgan fingerprint density at radius 1 is 0.797 bits per heavy atom. The predicted octanol–water partition coefficient (Wildman–Crippen LogP) is 1.80. The van der Waals surface area contributed by atoms with Gasteiger partial charge < -0.3 is 30.5 Å². The van der Waals surface area contributed by atoms with Gasteiger partial charge in [-0.25, -0.2) is 13.2 Å². The average molecular weight is 1050 g/mol. The normalized spacial score (nSPS) is 14.8. The number of ketones is 1. The van der Waals surface area contributed by atoms with E-state index >= 15 is 0 Å². The maximum Gasteiger partial charge on any atom is 0.425 e. The summed E-state index contributed by atoms with van der Waals surface area (Å²) in [5.74, 6) is -4.29. The lowest BCUT2D eigenvalue weighted by atomic mass is 9.78. The number of rotatable bonds is 20. The number of nitrogens with one attached hydrogen (secondary N) is 3. The van der Waals surface area contributed by atoms with Crippen LogP contribution < -0.4 is 20.9 Å². The Kier molecular flexibility index (Phi) is 23.1. The van der Waals surface area contributed by atoms with Crippen LogP contribution in [0, 0.1) is 0 Å². The van der Waals surface area contributed by atoms with Crippen LogP contribution in [0.1, 0.15) is 117 Å². The van der Waals surface area contributed by atoms with Crippen LogP contribution in [0.5, 0.6) is 0 Å². The number of hydrogen-bond acceptors (Lipinski definition) is 17. The van der Waals surface area contributed by atoms with Gasteiger partial charge in [0.1, 0.15) is 6.54 Å². The molecule has 0 aromatic heterocycles. The van der Waals surface area contributed by atoms with Crippen LogP contribution in [-0.2, 0) is 61.9 Å². The molecule has 2 aliphatic heterocycles. The zero-order chi connectivity index (χ0) is 51.9. The first-order chi connectivity index (χ1) is 31.4. The summed E-state index contributed by atoms with van der Waals surface area (Å²) in [6, 6.07) is 7.73. The lowest BCUT2D eigenvalue weighted by Gasteiger charge is -2.27. The summed E-state index contributed by atoms with van der Waals surface area (Å²) in [6.45, 7) is 11.2. The fourth-order valence-electron chi connectivity index (χ4n) is 7.92. The van der Waals surface area contributed by atoms with Crippen molar-refractivity contribution in [3.63, 3.8) is 0 Å². The number of benzene rings is 2. The number of Topliss-reactive ketones (excluding diaryl/α,β-unsaturated/α-hetero) is 1. The number of anilines is 1. The molecule has 4 rings (SSSR count). The van der Waals surface area contributed by atoms with Crippen molar-refractivity contribution >= 4 is 88.0 Å². The number of aromatic carboxylic acids is 1. The molecule has 23 nitrogen and oxygen atoms in total. The topological polar surface area (TPSA) is 362 Å². The van der Waals surface area contributed by atoms with E-state index in [4.69, 9.17) is 25.3 Å². The second-order valence-electron chi connectivity index (χ2n) is 15.9. The molecule has 2 aromatic carbocycles. The Morgan fingerprint density at radius 2 is 1.38 bits per heavy atom. The molecule has 0 unspecified atom stereocenters. The van der Waals surface area contributed by atoms with Crippen LogP contribution in [0.2, 0.25) is 0 Å². The molecular weight excluding hydrogens is 991 g/mol. The van der Waals surface area contributed by atoms with Crippen LogP contribution in [-0.4, -0.2) is 140 Å². The molecule has 27 heteroatoms. The Morgan fingerprint density at radius 3 is 1.91 bits per heavy atom. The van der Waals surface area contributed by atoms with Crippen molar-refractivity contribution in [2.75, 3.05) is 49.1 Å². The number of carboxylic acid groups (broad SMARTS) is 1. The van der Waals surface area contributed by atoms with Crippen molar-refractivity contribution in [1.82, 2.24) is 16.0 Å². The van der Waals surface area contributed by atoms with Gasteiger partial charge in [-0.3, -0.25) is 23.7 Å². The van der Waals surface area contributed by atoms with Gasteiger partial charge in [-0.2, -0.15) is 13.0 Å². The first kappa shape index (κ1) is 61.0. The predicted molar refractivity (Wildman–Crippen MR) is 250 cm³/mol. The van der Waals surface area contributed by atoms with Gasteiger partial charge in [0.05, 0.1) is 39.0 Å². The molecule has 3 amide bonds. The molecule has 0 bridgehead atoms. The number of carboxylic acids is 1. The Bertz CT molecular complexity index is 2820. The fourth-order valence-corrected chi connectivity index (χ4v) is 8.90. The zero-order valence-electron chi connectivity index (χ0n) is 37.9. The quantitative estimate of drug-likeness (QED) is 0.0717. The van der Waals surface area contributed by atoms with Gasteiger partial charge in [-0.05, 0) is 64.0 Å². The molecule has 69 heavy (non-hydrogen) atoms. The van der Waals surface area contributed by atoms with Crippen LogP contribution in [0.15, 0.2) is 54.3 Å². The van der Waals surface area contributed by atoms with Gasteiger partial charge in [0.25, 0.3) is 16.0 Å². The third-order valence-electron chi connectivity index (χ3n) is 10.5. The maximum absolute atomic E-state index is 14.1. The summed E-state index contributed by atoms with van der Waals surface area (Å²) in [5, 5.41) is 17.9. The zero-order valence-corrected chi connectivity index (χ0v) is 41.1. The molecule has 0 spiro atoms. The Labute approximate surface area is 403 Å². The number of fused-ring (bicyclic) bond motifs is 2. The van der Waals surface area contributed by atoms with Crippen LogP contribution in [0.4, 0.5) is 11.4 Å². The molecule has 0 saturated heterocycles. The molecular formula is C42H57N5O18S4. The van der Waals surface area contributed by atoms with Crippen molar-refractivity contribution < 1.29 is 84.8 Å². The van der Waals surface area contributed by atoms with E-state index < -0.39 is 87.4 Å². The molecule has 0 saturated carbocycles. The van der Waals surface area contributed by atoms with Gasteiger partial charge >= 0.3 is 27.2 Å². The molecule has 0 fully saturated rings. The summed E-state index contributed by atoms with van der Waals surface area (Å²) in [4.78, 5) is 66.3. The minimum atomic E-state index is -4.63. The highest BCUT2D eigenvalue weighted by molar-refractivity contribution is 7.85. The molecule has 2 aliphatic rings. The summed E-state index contributed by atoms with van der Waals surface area (Å²) >= 11 is 0. The van der Waals surface area contributed by atoms with E-state index in [2.05, 4.69) is 16.0 Å². The number of carbonyl (C=O) groups is 5. The molecule has 382 valence electrons. The number of allylic oxidation sites excluding steroid dienone is 4. The minimum Gasteiger partial charge on any atom is -0.748 e. The number of hydrogen-bond donors (Lipinski definition) is 5. The van der Waals surface area contributed by atoms with E-state index in [1.165, 1.54) is 18.2 Å². The van der Waals surface area contributed by atoms with Crippen molar-refractivity contribution in [2.24, 2.45) is 0 Å². The summed E-state index contributed by atoms with van der Waals surface area (Å²) in [5.41, 5.74) is 1.29. The maximum atomic E-state index is 14.1. The first-order valence-corrected chi connectivity index (χ1v) is 25.7. The second-order valence-corrected chi connectivity index (χ2v) is 19.9. The number of nitrogens with zero attached hydrogens (tertiary/aromatic N) is 2. The molecule has 0 atom stereocenters. The minimum absolute atomic E-state index is 0. The standard InChI is InChI=1S/C41H53N5O12S2.CH4.2O3S/c1-7-42-34(48)18-17-31(47)28-23-26(38(50)44-25-35(49)43-8-2)24-30-37(28)41(5,6)33(46(30)20-12-22-60(56,57)58)16-10-15-32-40(3,4)36-27(39(51)52)13-9-14-29(36)45(32)19-11-21-59(53,54)55;;2*1-4(2)3/h9-10,13-16,23-24H,7-8,11-12,17-22,25H2,1-6H3,(H5-,42,43,44,48,49,50,51,52,53,54,55,56,57,58);1H4;;. The smallest absolute Gasteiger partial charge is 0.425 e. The summed E-state index contributed by atoms with van der Waals surface area (Å²) in [7, 11) is -15.2. The van der Waals surface area contributed by atoms with Crippen LogP contribution >= 0.6 is 0 Å². The fraction of sp³-hybridized carbons (Fsp3) is 0.476. The lowest BCUT2D eigenvalue weighted by molar-refractivity contribution is -0.437. The van der Waals surface area contributed by atoms with Crippen molar-refractivity contribution in [2.45, 2.75) is 85.5 Å². The van der Waals surface area contributed by atoms with Crippen molar-refractivity contribution in [3.8, 4) is 0 Å². The van der Waals surface area contributed by atoms with Gasteiger partial charge in [-0.1, -0.05) is 33.4 Å². The molecule has 0 radical (unpaired) electrons. The van der Waals surface area contributed by atoms with Crippen molar-refractivity contribution in [1.29, 1.82) is 0 Å². The van der Waals surface area contributed by atoms with Gasteiger partial charge in [0.2, 0.25) is 17.5 Å². The van der Waals surface area contributed by atoms with Crippen LogP contribution in [0.3, 0.4) is 0 Å². The Hall–Kier alpha value is -6.00. The molecule has 2 heterocycles. The lowest BCUT2D eigenvalue weighted by Crippen LogP contribution is -2.36. The highest BCUT2D eigenvalue weighted by atomic mass is 32.2. The van der Waals surface area contributed by atoms with E-state index in [0.717, 1.165) is 0 Å². The highest BCUT2D eigenvalue weighted by Gasteiger charge is 2.47. The molecule has 0 aliphatic carbocycles. The van der Waals surface area contributed by atoms with Gasteiger partial charge in [0.15, 0.2) is 11.5 Å². The third kappa shape index (κ3) is 17.8. The van der Waals surface area contributed by atoms with Crippen molar-refractivity contribution in [3.05, 3.63) is 82.1 Å². The van der Waals surface area contributed by atoms with E-state index in [9.17, 15) is 55.0 Å². The first-order valence-electron chi connectivity index (χ1n) is 20.5. The van der Waals surface area contributed by atoms with E-state index in [0.29, 0.717) is 47.0 Å². The SMILES string of the molecule is C.CCNC(=O)CCC(=O)c1cc(C(=O)NCC(=O)NCC)cc2c1C(C)(C)C(=CC=CC1=[N+](CCCS(=O)(=O)O)c3cccc(C(=O)O)c3C1(C)C)N2CCCS(=O)(=O)[O-].O=S(=O)=O.O=S(=O)=O. The Balaban J connectivity index is 0.00000245. The summed E-state index contributed by atoms with van der Waals surface area (Å²) in [6.07, 6.45) is 4.71. The molecule has 2 aromatic rings. The number of amides is 3. The largest absolute Gasteiger partial charge is 0.748 e. The average Bonchev–Trinajstić information content (AvgIpc) is 3.55. The van der Waals surface area contributed by atoms with Gasteiger partial charge in [-0.15, -0.1) is 25.3 Å². The molecule has 5 N–H and O–H groups in total. The third-order valence-corrected chi connectivity index (χ3v) is 12.0. The summed E-state index contributed by atoms with van der Waals surface area (Å²) < 4.78 is 120. The monoisotopic (exact) mass is 1050 g/mol. The highest BCUT2D eigenvalue weighted by Crippen LogP contribution is 2.50.